The number of aromatic nitrogens is 1. The molecule has 2 aromatic rings. The van der Waals surface area contributed by atoms with E-state index >= 15 is 0 Å². The number of hydrogen-bond acceptors (Lipinski definition) is 2. The van der Waals surface area contributed by atoms with Gasteiger partial charge in [0.25, 0.3) is 0 Å². The average Bonchev–Trinajstić information content (AvgIpc) is 3.02. The highest BCUT2D eigenvalue weighted by Crippen LogP contribution is 2.21. The van der Waals surface area contributed by atoms with Crippen LogP contribution >= 0.6 is 0 Å². The minimum Gasteiger partial charge on any atom is -0.361 e. The Balaban J connectivity index is 1.56. The van der Waals surface area contributed by atoms with Crippen molar-refractivity contribution in [2.24, 2.45) is 5.92 Å². The van der Waals surface area contributed by atoms with Gasteiger partial charge in [0.15, 0.2) is 0 Å². The first-order valence-electron chi connectivity index (χ1n) is 9.17. The van der Waals surface area contributed by atoms with Gasteiger partial charge in [-0.3, -0.25) is 9.59 Å². The van der Waals surface area contributed by atoms with Crippen molar-refractivity contribution in [2.45, 2.75) is 45.6 Å². The van der Waals surface area contributed by atoms with Crippen molar-refractivity contribution in [1.29, 1.82) is 0 Å². The number of piperidine rings is 1. The first kappa shape index (κ1) is 17.5. The van der Waals surface area contributed by atoms with E-state index in [1.54, 1.807) is 0 Å². The molecule has 2 heterocycles. The van der Waals surface area contributed by atoms with Crippen molar-refractivity contribution in [3.8, 4) is 0 Å². The van der Waals surface area contributed by atoms with Crippen LogP contribution in [-0.4, -0.2) is 40.8 Å². The number of benzene rings is 1. The number of aryl methyl sites for hydroxylation is 1. The molecule has 0 radical (unpaired) electrons. The molecule has 0 unspecified atom stereocenters. The molecule has 5 heteroatoms. The molecule has 2 amide bonds. The Bertz CT molecular complexity index is 750. The van der Waals surface area contributed by atoms with Crippen molar-refractivity contribution >= 4 is 22.7 Å². The molecular weight excluding hydrogens is 314 g/mol. The fourth-order valence-corrected chi connectivity index (χ4v) is 3.56. The molecule has 1 fully saturated rings. The molecule has 1 saturated heterocycles. The summed E-state index contributed by atoms with van der Waals surface area (Å²) in [4.78, 5) is 29.9. The lowest BCUT2D eigenvalue weighted by Gasteiger charge is -2.32. The lowest BCUT2D eigenvalue weighted by Crippen LogP contribution is -2.46. The third-order valence-corrected chi connectivity index (χ3v) is 4.86. The number of nitrogens with one attached hydrogen (secondary N) is 2. The van der Waals surface area contributed by atoms with Gasteiger partial charge in [-0.05, 0) is 44.7 Å². The molecular formula is C20H27N3O2. The molecule has 1 aliphatic heterocycles. The van der Waals surface area contributed by atoms with Crippen molar-refractivity contribution in [2.75, 3.05) is 13.1 Å². The largest absolute Gasteiger partial charge is 0.361 e. The SMILES string of the molecule is CC(C)NC(=O)[C@@H]1CCCN(C(=O)CCc2c[nH]c3ccccc23)C1. The van der Waals surface area contributed by atoms with Crippen LogP contribution in [0, 0.1) is 5.92 Å². The zero-order valence-electron chi connectivity index (χ0n) is 15.0. The number of rotatable bonds is 5. The number of para-hydroxylation sites is 1. The quantitative estimate of drug-likeness (QED) is 0.878. The number of likely N-dealkylation sites (tertiary alicyclic amines) is 1. The molecule has 25 heavy (non-hydrogen) atoms. The number of H-pyrrole nitrogens is 1. The van der Waals surface area contributed by atoms with Crippen LogP contribution in [0.2, 0.25) is 0 Å². The Kier molecular flexibility index (Phi) is 5.41. The van der Waals surface area contributed by atoms with Crippen LogP contribution in [0.1, 0.15) is 38.7 Å². The molecule has 1 aliphatic rings. The number of aromatic amines is 1. The smallest absolute Gasteiger partial charge is 0.225 e. The van der Waals surface area contributed by atoms with Crippen molar-refractivity contribution in [3.63, 3.8) is 0 Å². The topological polar surface area (TPSA) is 65.2 Å². The van der Waals surface area contributed by atoms with E-state index in [-0.39, 0.29) is 23.8 Å². The predicted molar refractivity (Wildman–Crippen MR) is 99.2 cm³/mol. The lowest BCUT2D eigenvalue weighted by atomic mass is 9.96. The molecule has 0 bridgehead atoms. The fraction of sp³-hybridized carbons (Fsp3) is 0.500. The Morgan fingerprint density at radius 1 is 1.32 bits per heavy atom. The Labute approximate surface area is 148 Å². The highest BCUT2D eigenvalue weighted by molar-refractivity contribution is 5.84. The Hall–Kier alpha value is -2.30. The standard InChI is InChI=1S/C20H27N3O2/c1-14(2)22-20(25)16-6-5-11-23(13-16)19(24)10-9-15-12-21-18-8-4-3-7-17(15)18/h3-4,7-8,12,14,16,21H,5-6,9-11,13H2,1-2H3,(H,22,25)/t16-/m1/s1. The van der Waals surface area contributed by atoms with E-state index < -0.39 is 0 Å². The van der Waals surface area contributed by atoms with E-state index in [1.165, 1.54) is 10.9 Å². The van der Waals surface area contributed by atoms with E-state index in [0.717, 1.165) is 31.3 Å². The Morgan fingerprint density at radius 3 is 2.92 bits per heavy atom. The lowest BCUT2D eigenvalue weighted by molar-refractivity contribution is -0.135. The summed E-state index contributed by atoms with van der Waals surface area (Å²) in [7, 11) is 0. The molecule has 5 nitrogen and oxygen atoms in total. The predicted octanol–water partition coefficient (Wildman–Crippen LogP) is 2.86. The van der Waals surface area contributed by atoms with E-state index in [4.69, 9.17) is 0 Å². The third kappa shape index (κ3) is 4.21. The van der Waals surface area contributed by atoms with Crippen LogP contribution in [0.5, 0.6) is 0 Å². The minimum atomic E-state index is -0.0758. The number of amides is 2. The molecule has 1 aromatic heterocycles. The minimum absolute atomic E-state index is 0.0733. The van der Waals surface area contributed by atoms with Gasteiger partial charge in [0.05, 0.1) is 5.92 Å². The van der Waals surface area contributed by atoms with Gasteiger partial charge in [-0.1, -0.05) is 18.2 Å². The summed E-state index contributed by atoms with van der Waals surface area (Å²) in [6, 6.07) is 8.29. The highest BCUT2D eigenvalue weighted by atomic mass is 16.2. The van der Waals surface area contributed by atoms with E-state index in [2.05, 4.69) is 16.4 Å². The second-order valence-electron chi connectivity index (χ2n) is 7.20. The van der Waals surface area contributed by atoms with Crippen molar-refractivity contribution in [3.05, 3.63) is 36.0 Å². The van der Waals surface area contributed by atoms with E-state index in [0.29, 0.717) is 13.0 Å². The van der Waals surface area contributed by atoms with Crippen molar-refractivity contribution < 1.29 is 9.59 Å². The number of nitrogens with zero attached hydrogens (tertiary/aromatic N) is 1. The normalized spacial score (nSPS) is 17.9. The molecule has 0 saturated carbocycles. The summed E-state index contributed by atoms with van der Waals surface area (Å²) < 4.78 is 0. The number of hydrogen-bond donors (Lipinski definition) is 2. The van der Waals surface area contributed by atoms with Gasteiger partial charge in [-0.25, -0.2) is 0 Å². The molecule has 0 spiro atoms. The molecule has 3 rings (SSSR count). The summed E-state index contributed by atoms with van der Waals surface area (Å²) in [5.74, 6) is 0.143. The van der Waals surface area contributed by atoms with Gasteiger partial charge in [-0.2, -0.15) is 0 Å². The molecule has 134 valence electrons. The maximum absolute atomic E-state index is 12.6. The number of carbonyl (C=O) groups excluding carboxylic acids is 2. The maximum atomic E-state index is 12.6. The van der Waals surface area contributed by atoms with Gasteiger partial charge >= 0.3 is 0 Å². The zero-order chi connectivity index (χ0) is 17.8. The van der Waals surface area contributed by atoms with E-state index in [9.17, 15) is 9.59 Å². The molecule has 1 atom stereocenters. The van der Waals surface area contributed by atoms with Crippen molar-refractivity contribution in [1.82, 2.24) is 15.2 Å². The highest BCUT2D eigenvalue weighted by Gasteiger charge is 2.28. The van der Waals surface area contributed by atoms with E-state index in [1.807, 2.05) is 43.1 Å². The second-order valence-corrected chi connectivity index (χ2v) is 7.20. The van der Waals surface area contributed by atoms with Crippen LogP contribution in [0.4, 0.5) is 0 Å². The summed E-state index contributed by atoms with van der Waals surface area (Å²) in [6.45, 7) is 5.24. The first-order chi connectivity index (χ1) is 12.0. The van der Waals surface area contributed by atoms with Gasteiger partial charge in [0.1, 0.15) is 0 Å². The first-order valence-corrected chi connectivity index (χ1v) is 9.17. The maximum Gasteiger partial charge on any atom is 0.225 e. The summed E-state index contributed by atoms with van der Waals surface area (Å²) in [5.41, 5.74) is 2.28. The summed E-state index contributed by atoms with van der Waals surface area (Å²) in [6.07, 6.45) is 4.97. The molecule has 2 N–H and O–H groups in total. The fourth-order valence-electron chi connectivity index (χ4n) is 3.56. The Morgan fingerprint density at radius 2 is 2.12 bits per heavy atom. The van der Waals surface area contributed by atoms with Gasteiger partial charge in [0.2, 0.25) is 11.8 Å². The summed E-state index contributed by atoms with van der Waals surface area (Å²) >= 11 is 0. The molecule has 1 aromatic carbocycles. The monoisotopic (exact) mass is 341 g/mol. The van der Waals surface area contributed by atoms with Gasteiger partial charge in [0, 0.05) is 42.7 Å². The van der Waals surface area contributed by atoms with Crippen LogP contribution in [0.25, 0.3) is 10.9 Å². The summed E-state index contributed by atoms with van der Waals surface area (Å²) in [5, 5.41) is 4.15. The van der Waals surface area contributed by atoms with Crippen LogP contribution in [0.15, 0.2) is 30.5 Å². The second kappa shape index (κ2) is 7.72. The van der Waals surface area contributed by atoms with Crippen LogP contribution in [0.3, 0.4) is 0 Å². The van der Waals surface area contributed by atoms with Gasteiger partial charge < -0.3 is 15.2 Å². The molecule has 0 aliphatic carbocycles. The third-order valence-electron chi connectivity index (χ3n) is 4.86. The van der Waals surface area contributed by atoms with Crippen LogP contribution < -0.4 is 5.32 Å². The number of fused-ring (bicyclic) bond motifs is 1. The number of carbonyl (C=O) groups is 2. The van der Waals surface area contributed by atoms with Gasteiger partial charge in [-0.15, -0.1) is 0 Å². The zero-order valence-corrected chi connectivity index (χ0v) is 15.0. The average molecular weight is 341 g/mol. The van der Waals surface area contributed by atoms with Crippen LogP contribution in [-0.2, 0) is 16.0 Å².